The van der Waals surface area contributed by atoms with Crippen molar-refractivity contribution in [1.29, 1.82) is 0 Å². The van der Waals surface area contributed by atoms with Gasteiger partial charge in [0.2, 0.25) is 0 Å². The molecule has 2 heterocycles. The summed E-state index contributed by atoms with van der Waals surface area (Å²) in [6.45, 7) is 2.92. The number of nitrogens with zero attached hydrogens (tertiary/aromatic N) is 3. The van der Waals surface area contributed by atoms with Crippen molar-refractivity contribution in [3.05, 3.63) is 76.9 Å². The van der Waals surface area contributed by atoms with Crippen LogP contribution >= 0.6 is 27.7 Å². The highest BCUT2D eigenvalue weighted by Crippen LogP contribution is 2.30. The molecule has 0 radical (unpaired) electrons. The van der Waals surface area contributed by atoms with Crippen molar-refractivity contribution >= 4 is 39.3 Å². The number of ether oxygens (including phenoxy) is 1. The number of piperazine rings is 1. The van der Waals surface area contributed by atoms with Gasteiger partial charge in [0.05, 0.1) is 12.7 Å². The van der Waals surface area contributed by atoms with Crippen molar-refractivity contribution in [1.82, 2.24) is 9.88 Å². The van der Waals surface area contributed by atoms with E-state index in [2.05, 4.69) is 31.9 Å². The summed E-state index contributed by atoms with van der Waals surface area (Å²) < 4.78 is 6.35. The number of hydrogen-bond acceptors (Lipinski definition) is 5. The van der Waals surface area contributed by atoms with Gasteiger partial charge in [-0.3, -0.25) is 4.79 Å². The fraction of sp³-hybridized carbons (Fsp3) is 0.217. The highest BCUT2D eigenvalue weighted by Gasteiger charge is 2.24. The first kappa shape index (κ1) is 20.8. The van der Waals surface area contributed by atoms with E-state index in [9.17, 15) is 4.79 Å². The molecular weight excluding hydrogens is 462 g/mol. The second kappa shape index (κ2) is 9.53. The third-order valence-corrected chi connectivity index (χ3v) is 6.57. The van der Waals surface area contributed by atoms with Crippen molar-refractivity contribution in [2.75, 3.05) is 38.2 Å². The minimum atomic E-state index is 0.0352. The Balaban J connectivity index is 1.45. The molecule has 0 atom stereocenters. The number of hydrogen-bond donors (Lipinski definition) is 0. The van der Waals surface area contributed by atoms with Gasteiger partial charge in [-0.05, 0) is 48.5 Å². The van der Waals surface area contributed by atoms with Gasteiger partial charge in [0, 0.05) is 53.5 Å². The molecular formula is C23H22BrN3O2S. The Labute approximate surface area is 189 Å². The van der Waals surface area contributed by atoms with E-state index in [0.717, 1.165) is 38.9 Å². The Hall–Kier alpha value is -2.51. The third-order valence-electron chi connectivity index (χ3n) is 5.02. The van der Waals surface area contributed by atoms with Crippen LogP contribution in [0.15, 0.2) is 81.3 Å². The molecule has 3 aromatic rings. The van der Waals surface area contributed by atoms with Gasteiger partial charge < -0.3 is 14.5 Å². The molecule has 1 aromatic heterocycles. The van der Waals surface area contributed by atoms with Crippen LogP contribution in [0.2, 0.25) is 0 Å². The van der Waals surface area contributed by atoms with Crippen LogP contribution in [0.1, 0.15) is 10.4 Å². The summed E-state index contributed by atoms with van der Waals surface area (Å²) in [4.78, 5) is 23.0. The van der Waals surface area contributed by atoms with Gasteiger partial charge in [0.25, 0.3) is 5.91 Å². The van der Waals surface area contributed by atoms with E-state index in [4.69, 9.17) is 4.74 Å². The van der Waals surface area contributed by atoms with Crippen LogP contribution < -0.4 is 9.64 Å². The van der Waals surface area contributed by atoms with Gasteiger partial charge in [0.15, 0.2) is 0 Å². The fourth-order valence-corrected chi connectivity index (χ4v) is 4.53. The number of rotatable bonds is 5. The molecule has 30 heavy (non-hydrogen) atoms. The molecule has 7 heteroatoms. The van der Waals surface area contributed by atoms with Crippen LogP contribution in [-0.4, -0.2) is 49.1 Å². The number of methoxy groups -OCH3 is 1. The molecule has 1 aliphatic heterocycles. The number of carbonyl (C=O) groups excluding carboxylic acids is 1. The summed E-state index contributed by atoms with van der Waals surface area (Å²) >= 11 is 4.97. The molecule has 1 fully saturated rings. The van der Waals surface area contributed by atoms with E-state index >= 15 is 0 Å². The molecule has 4 rings (SSSR count). The topological polar surface area (TPSA) is 45.7 Å². The lowest BCUT2D eigenvalue weighted by atomic mass is 10.2. The zero-order chi connectivity index (χ0) is 20.9. The van der Waals surface area contributed by atoms with Crippen LogP contribution in [0.4, 0.5) is 5.69 Å². The zero-order valence-electron chi connectivity index (χ0n) is 16.6. The molecule has 2 aromatic carbocycles. The quantitative estimate of drug-likeness (QED) is 0.512. The van der Waals surface area contributed by atoms with E-state index in [-0.39, 0.29) is 5.91 Å². The number of carbonyl (C=O) groups is 1. The first-order chi connectivity index (χ1) is 14.6. The molecule has 0 bridgehead atoms. The standard InChI is InChI=1S/C23H22BrN3O2S/c1-29-19-5-2-4-18(16-19)26-12-14-27(15-13-26)23(28)21-6-3-11-25-22(21)30-20-9-7-17(24)8-10-20/h2-11,16H,12-15H2,1H3. The first-order valence-electron chi connectivity index (χ1n) is 9.71. The van der Waals surface area contributed by atoms with Gasteiger partial charge in [-0.25, -0.2) is 4.98 Å². The van der Waals surface area contributed by atoms with Crippen molar-refractivity contribution in [2.45, 2.75) is 9.92 Å². The number of anilines is 1. The Morgan fingerprint density at radius 3 is 2.53 bits per heavy atom. The molecule has 0 unspecified atom stereocenters. The smallest absolute Gasteiger partial charge is 0.256 e. The summed E-state index contributed by atoms with van der Waals surface area (Å²) in [6.07, 6.45) is 1.73. The van der Waals surface area contributed by atoms with Gasteiger partial charge in [-0.15, -0.1) is 0 Å². The van der Waals surface area contributed by atoms with Gasteiger partial charge in [0.1, 0.15) is 10.8 Å². The highest BCUT2D eigenvalue weighted by molar-refractivity contribution is 9.10. The monoisotopic (exact) mass is 483 g/mol. The summed E-state index contributed by atoms with van der Waals surface area (Å²) in [5.41, 5.74) is 1.77. The minimum Gasteiger partial charge on any atom is -0.497 e. The minimum absolute atomic E-state index is 0.0352. The Kier molecular flexibility index (Phi) is 6.59. The van der Waals surface area contributed by atoms with Crippen molar-refractivity contribution in [3.8, 4) is 5.75 Å². The molecule has 1 amide bonds. The van der Waals surface area contributed by atoms with Crippen LogP contribution in [0, 0.1) is 0 Å². The fourth-order valence-electron chi connectivity index (χ4n) is 3.39. The maximum Gasteiger partial charge on any atom is 0.256 e. The average Bonchev–Trinajstić information content (AvgIpc) is 2.80. The Morgan fingerprint density at radius 2 is 1.80 bits per heavy atom. The lowest BCUT2D eigenvalue weighted by Crippen LogP contribution is -2.48. The molecule has 154 valence electrons. The molecule has 0 spiro atoms. The highest BCUT2D eigenvalue weighted by atomic mass is 79.9. The van der Waals surface area contributed by atoms with E-state index in [1.165, 1.54) is 11.8 Å². The van der Waals surface area contributed by atoms with E-state index in [1.807, 2.05) is 59.5 Å². The third kappa shape index (κ3) is 4.79. The SMILES string of the molecule is COc1cccc(N2CCN(C(=O)c3cccnc3Sc3ccc(Br)cc3)CC2)c1. The maximum atomic E-state index is 13.2. The molecule has 1 saturated heterocycles. The van der Waals surface area contributed by atoms with Gasteiger partial charge >= 0.3 is 0 Å². The maximum absolute atomic E-state index is 13.2. The molecule has 1 aliphatic rings. The van der Waals surface area contributed by atoms with Crippen LogP contribution in [0.25, 0.3) is 0 Å². The number of halogens is 1. The van der Waals surface area contributed by atoms with Crippen molar-refractivity contribution < 1.29 is 9.53 Å². The van der Waals surface area contributed by atoms with Gasteiger partial charge in [-0.2, -0.15) is 0 Å². The lowest BCUT2D eigenvalue weighted by molar-refractivity contribution is 0.0742. The zero-order valence-corrected chi connectivity index (χ0v) is 19.0. The second-order valence-electron chi connectivity index (χ2n) is 6.89. The first-order valence-corrected chi connectivity index (χ1v) is 11.3. The van der Waals surface area contributed by atoms with Gasteiger partial charge in [-0.1, -0.05) is 33.8 Å². The predicted octanol–water partition coefficient (Wildman–Crippen LogP) is 4.97. The van der Waals surface area contributed by atoms with Crippen LogP contribution in [-0.2, 0) is 0 Å². The second-order valence-corrected chi connectivity index (χ2v) is 8.87. The summed E-state index contributed by atoms with van der Waals surface area (Å²) in [6, 6.07) is 19.8. The normalized spacial score (nSPS) is 13.9. The predicted molar refractivity (Wildman–Crippen MR) is 124 cm³/mol. The number of amides is 1. The van der Waals surface area contributed by atoms with Crippen molar-refractivity contribution in [2.24, 2.45) is 0 Å². The van der Waals surface area contributed by atoms with Crippen LogP contribution in [0.5, 0.6) is 5.75 Å². The molecule has 0 aliphatic carbocycles. The van der Waals surface area contributed by atoms with E-state index in [0.29, 0.717) is 18.7 Å². The summed E-state index contributed by atoms with van der Waals surface area (Å²) in [5, 5.41) is 0.736. The van der Waals surface area contributed by atoms with Crippen molar-refractivity contribution in [3.63, 3.8) is 0 Å². The molecule has 0 N–H and O–H groups in total. The molecule has 0 saturated carbocycles. The summed E-state index contributed by atoms with van der Waals surface area (Å²) in [5.74, 6) is 0.879. The summed E-state index contributed by atoms with van der Waals surface area (Å²) in [7, 11) is 1.67. The van der Waals surface area contributed by atoms with Crippen LogP contribution in [0.3, 0.4) is 0 Å². The Morgan fingerprint density at radius 1 is 1.03 bits per heavy atom. The largest absolute Gasteiger partial charge is 0.497 e. The van der Waals surface area contributed by atoms with E-state index in [1.54, 1.807) is 13.3 Å². The Bertz CT molecular complexity index is 1020. The average molecular weight is 484 g/mol. The molecule has 5 nitrogen and oxygen atoms in total. The number of aromatic nitrogens is 1. The number of benzene rings is 2. The number of pyridine rings is 1. The van der Waals surface area contributed by atoms with E-state index < -0.39 is 0 Å². The lowest BCUT2D eigenvalue weighted by Gasteiger charge is -2.36.